The summed E-state index contributed by atoms with van der Waals surface area (Å²) < 4.78 is 25.1. The predicted molar refractivity (Wildman–Crippen MR) is 86.1 cm³/mol. The first-order valence-corrected chi connectivity index (χ1v) is 10.8. The lowest BCUT2D eigenvalue weighted by Crippen LogP contribution is -3.00. The number of rotatable bonds is 7. The molecule has 0 atom stereocenters. The van der Waals surface area contributed by atoms with Crippen LogP contribution in [0.1, 0.15) is 0 Å². The number of hydrogen-bond donors (Lipinski definition) is 4. The fraction of sp³-hybridized carbons (Fsp3) is 0.286. The topological polar surface area (TPSA) is 123 Å². The van der Waals surface area contributed by atoms with Gasteiger partial charge in [0.15, 0.2) is 37.9 Å². The summed E-state index contributed by atoms with van der Waals surface area (Å²) in [5.41, 5.74) is 1.87. The van der Waals surface area contributed by atoms with Crippen molar-refractivity contribution in [3.05, 3.63) is 49.1 Å². The molecule has 0 unspecified atom stereocenters. The minimum atomic E-state index is -4.00. The zero-order valence-electron chi connectivity index (χ0n) is 13.6. The summed E-state index contributed by atoms with van der Waals surface area (Å²) in [6.45, 7) is 0.476. The average Bonchev–Trinajstić information content (AvgIpc) is 2.51. The molecule has 146 valence electrons. The summed E-state index contributed by atoms with van der Waals surface area (Å²) in [5, 5.41) is 0. The van der Waals surface area contributed by atoms with Gasteiger partial charge >= 0.3 is 15.2 Å². The van der Waals surface area contributed by atoms with Gasteiger partial charge in [-0.1, -0.05) is 0 Å². The van der Waals surface area contributed by atoms with Crippen LogP contribution in [0.5, 0.6) is 0 Å². The SMILES string of the molecule is O=P(O)(O)CC[n+]1ccc(-c2cc[n+](CCP(=O)(O)O)cc2)cc1.[Cl-].[Cl-]. The number of aryl methyl sites for hydroxylation is 2. The first kappa shape index (κ1) is 25.2. The smallest absolute Gasteiger partial charge is 0.331 e. The van der Waals surface area contributed by atoms with E-state index in [0.29, 0.717) is 0 Å². The Bertz CT molecular complexity index is 710. The molecule has 2 rings (SSSR count). The molecule has 2 aromatic heterocycles. The van der Waals surface area contributed by atoms with Gasteiger partial charge in [-0.15, -0.1) is 0 Å². The minimum Gasteiger partial charge on any atom is -1.00 e. The van der Waals surface area contributed by atoms with Gasteiger partial charge in [-0.05, 0) is 11.1 Å². The second kappa shape index (κ2) is 10.5. The van der Waals surface area contributed by atoms with Crippen molar-refractivity contribution < 1.29 is 62.7 Å². The molecular weight excluding hydrogens is 425 g/mol. The van der Waals surface area contributed by atoms with E-state index in [2.05, 4.69) is 0 Å². The van der Waals surface area contributed by atoms with Crippen molar-refractivity contribution in [2.75, 3.05) is 12.3 Å². The number of aromatic nitrogens is 2. The summed E-state index contributed by atoms with van der Waals surface area (Å²) in [6, 6.07) is 7.37. The Morgan fingerprint density at radius 2 is 0.923 bits per heavy atom. The summed E-state index contributed by atoms with van der Waals surface area (Å²) >= 11 is 0. The summed E-state index contributed by atoms with van der Waals surface area (Å²) in [6.07, 6.45) is 6.59. The van der Waals surface area contributed by atoms with E-state index in [4.69, 9.17) is 19.6 Å². The fourth-order valence-corrected chi connectivity index (χ4v) is 3.07. The van der Waals surface area contributed by atoms with Crippen LogP contribution in [0.3, 0.4) is 0 Å². The van der Waals surface area contributed by atoms with Crippen molar-refractivity contribution in [3.8, 4) is 11.1 Å². The molecule has 0 saturated heterocycles. The largest absolute Gasteiger partial charge is 1.00 e. The summed E-state index contributed by atoms with van der Waals surface area (Å²) in [4.78, 5) is 35.5. The molecule has 0 aliphatic heterocycles. The van der Waals surface area contributed by atoms with E-state index in [1.165, 1.54) is 0 Å². The Hall–Kier alpha value is -0.820. The zero-order chi connectivity index (χ0) is 17.8. The molecule has 2 aromatic rings. The normalized spacial score (nSPS) is 11.4. The van der Waals surface area contributed by atoms with Crippen molar-refractivity contribution in [2.24, 2.45) is 0 Å². The highest BCUT2D eigenvalue weighted by atomic mass is 35.5. The number of halogens is 2. The van der Waals surface area contributed by atoms with Crippen LogP contribution in [0.4, 0.5) is 0 Å². The van der Waals surface area contributed by atoms with Gasteiger partial charge in [0.05, 0.1) is 0 Å². The van der Waals surface area contributed by atoms with E-state index in [-0.39, 0.29) is 50.2 Å². The quantitative estimate of drug-likeness (QED) is 0.249. The molecule has 0 saturated carbocycles. The highest BCUT2D eigenvalue weighted by Crippen LogP contribution is 2.33. The Balaban J connectivity index is 0.00000312. The van der Waals surface area contributed by atoms with Crippen molar-refractivity contribution in [3.63, 3.8) is 0 Å². The van der Waals surface area contributed by atoms with E-state index in [0.717, 1.165) is 11.1 Å². The van der Waals surface area contributed by atoms with Crippen LogP contribution in [0, 0.1) is 0 Å². The van der Waals surface area contributed by atoms with Crippen LogP contribution in [-0.2, 0) is 22.2 Å². The molecule has 2 heterocycles. The van der Waals surface area contributed by atoms with Crippen molar-refractivity contribution in [1.29, 1.82) is 0 Å². The maximum absolute atomic E-state index is 10.9. The number of pyridine rings is 2. The van der Waals surface area contributed by atoms with Crippen LogP contribution < -0.4 is 33.9 Å². The minimum absolute atomic E-state index is 0. The van der Waals surface area contributed by atoms with E-state index < -0.39 is 15.2 Å². The van der Waals surface area contributed by atoms with E-state index in [9.17, 15) is 9.13 Å². The van der Waals surface area contributed by atoms with Gasteiger partial charge in [-0.2, -0.15) is 0 Å². The van der Waals surface area contributed by atoms with Gasteiger partial charge in [0.25, 0.3) is 0 Å². The maximum atomic E-state index is 10.9. The zero-order valence-corrected chi connectivity index (χ0v) is 16.9. The van der Waals surface area contributed by atoms with Crippen molar-refractivity contribution in [1.82, 2.24) is 0 Å². The molecule has 0 fully saturated rings. The second-order valence-electron chi connectivity index (χ2n) is 5.43. The molecular formula is C14H20Cl2N2O6P2. The first-order valence-electron chi connectivity index (χ1n) is 7.20. The molecule has 0 aromatic carbocycles. The third kappa shape index (κ3) is 9.21. The monoisotopic (exact) mass is 444 g/mol. The highest BCUT2D eigenvalue weighted by Gasteiger charge is 2.17. The Morgan fingerprint density at radius 1 is 0.654 bits per heavy atom. The molecule has 26 heavy (non-hydrogen) atoms. The Labute approximate surface area is 163 Å². The number of hydrogen-bond acceptors (Lipinski definition) is 2. The first-order chi connectivity index (χ1) is 11.1. The third-order valence-electron chi connectivity index (χ3n) is 3.41. The van der Waals surface area contributed by atoms with Crippen LogP contribution in [0.15, 0.2) is 49.1 Å². The fourth-order valence-electron chi connectivity index (χ4n) is 2.09. The molecule has 0 amide bonds. The van der Waals surface area contributed by atoms with Crippen LogP contribution >= 0.6 is 15.2 Å². The van der Waals surface area contributed by atoms with Crippen molar-refractivity contribution >= 4 is 15.2 Å². The molecule has 0 aliphatic carbocycles. The molecule has 0 bridgehead atoms. The van der Waals surface area contributed by atoms with Gasteiger partial charge in [0.1, 0.15) is 12.3 Å². The standard InChI is InChI=1S/C14H18N2O6P2.2ClH/c17-23(18,19)11-9-15-5-1-13(2-6-15)14-3-7-16(8-4-14)10-12-24(20,21)22;;/h1-8H,9-12H2,(H2-2,17,18,19,20,21,22);2*1H. The molecule has 0 radical (unpaired) electrons. The molecule has 0 spiro atoms. The lowest BCUT2D eigenvalue weighted by molar-refractivity contribution is -0.693. The lowest BCUT2D eigenvalue weighted by atomic mass is 10.1. The third-order valence-corrected chi connectivity index (χ3v) is 4.98. The van der Waals surface area contributed by atoms with Gasteiger partial charge in [-0.25, -0.2) is 9.13 Å². The van der Waals surface area contributed by atoms with Gasteiger partial charge in [0.2, 0.25) is 0 Å². The second-order valence-corrected chi connectivity index (χ2v) is 8.98. The predicted octanol–water partition coefficient (Wildman–Crippen LogP) is -5.71. The lowest BCUT2D eigenvalue weighted by Gasteiger charge is -2.03. The van der Waals surface area contributed by atoms with Gasteiger partial charge < -0.3 is 44.4 Å². The average molecular weight is 445 g/mol. The molecule has 0 aliphatic rings. The van der Waals surface area contributed by atoms with E-state index in [1.807, 2.05) is 24.3 Å². The van der Waals surface area contributed by atoms with Crippen molar-refractivity contribution in [2.45, 2.75) is 13.1 Å². The molecule has 12 heteroatoms. The highest BCUT2D eigenvalue weighted by molar-refractivity contribution is 7.51. The molecule has 4 N–H and O–H groups in total. The summed E-state index contributed by atoms with van der Waals surface area (Å²) in [7, 11) is -8.01. The maximum Gasteiger partial charge on any atom is 0.331 e. The molecule has 8 nitrogen and oxygen atoms in total. The van der Waals surface area contributed by atoms with Crippen LogP contribution in [0.25, 0.3) is 11.1 Å². The van der Waals surface area contributed by atoms with Gasteiger partial charge in [0, 0.05) is 24.3 Å². The van der Waals surface area contributed by atoms with Crippen LogP contribution in [0.2, 0.25) is 0 Å². The van der Waals surface area contributed by atoms with E-state index >= 15 is 0 Å². The Morgan fingerprint density at radius 3 is 1.15 bits per heavy atom. The summed E-state index contributed by atoms with van der Waals surface area (Å²) in [5.74, 6) is 0. The number of nitrogens with zero attached hydrogens (tertiary/aromatic N) is 2. The van der Waals surface area contributed by atoms with Gasteiger partial charge in [-0.3, -0.25) is 9.13 Å². The van der Waals surface area contributed by atoms with E-state index in [1.54, 1.807) is 33.9 Å². The van der Waals surface area contributed by atoms with Crippen LogP contribution in [-0.4, -0.2) is 31.9 Å². The Kier molecular flexibility index (Phi) is 10.2.